The average Bonchev–Trinajstić information content (AvgIpc) is 2.00. The smallest absolute Gasteiger partial charge is 0.143 e. The molecule has 0 radical (unpaired) electrons. The second kappa shape index (κ2) is 3.30. The van der Waals surface area contributed by atoms with E-state index in [1.165, 1.54) is 12.1 Å². The fourth-order valence-electron chi connectivity index (χ4n) is 1.45. The highest BCUT2D eigenvalue weighted by Crippen LogP contribution is 2.24. The van der Waals surface area contributed by atoms with E-state index in [0.29, 0.717) is 5.69 Å². The highest BCUT2D eigenvalue weighted by Gasteiger charge is 2.17. The van der Waals surface area contributed by atoms with Gasteiger partial charge in [-0.15, -0.1) is 6.42 Å². The Hall–Kier alpha value is -1.56. The SMILES string of the molecule is C#Cc1c(F)cc(N2CCC2)cc1F. The molecule has 0 bridgehead atoms. The number of hydrogen-bond acceptors (Lipinski definition) is 1. The summed E-state index contributed by atoms with van der Waals surface area (Å²) in [6.07, 6.45) is 6.05. The van der Waals surface area contributed by atoms with Crippen LogP contribution in [0.25, 0.3) is 0 Å². The van der Waals surface area contributed by atoms with Crippen LogP contribution in [0.1, 0.15) is 12.0 Å². The largest absolute Gasteiger partial charge is 0.371 e. The molecule has 0 atom stereocenters. The number of anilines is 1. The molecule has 0 aliphatic carbocycles. The van der Waals surface area contributed by atoms with Gasteiger partial charge in [0.1, 0.15) is 11.6 Å². The first-order valence-electron chi connectivity index (χ1n) is 4.43. The Kier molecular flexibility index (Phi) is 2.12. The highest BCUT2D eigenvalue weighted by atomic mass is 19.1. The number of benzene rings is 1. The minimum atomic E-state index is -0.658. The third-order valence-electron chi connectivity index (χ3n) is 2.39. The van der Waals surface area contributed by atoms with Crippen LogP contribution in [0.15, 0.2) is 12.1 Å². The van der Waals surface area contributed by atoms with Gasteiger partial charge in [-0.05, 0) is 18.6 Å². The fourth-order valence-corrected chi connectivity index (χ4v) is 1.45. The zero-order valence-corrected chi connectivity index (χ0v) is 7.56. The van der Waals surface area contributed by atoms with Crippen LogP contribution in [0.3, 0.4) is 0 Å². The van der Waals surface area contributed by atoms with Gasteiger partial charge in [0.25, 0.3) is 0 Å². The van der Waals surface area contributed by atoms with Gasteiger partial charge in [0.15, 0.2) is 0 Å². The topological polar surface area (TPSA) is 3.24 Å². The summed E-state index contributed by atoms with van der Waals surface area (Å²) in [5.74, 6) is 0.681. The molecule has 0 spiro atoms. The molecule has 0 unspecified atom stereocenters. The molecular weight excluding hydrogens is 184 g/mol. The second-order valence-electron chi connectivity index (χ2n) is 3.27. The van der Waals surface area contributed by atoms with Gasteiger partial charge in [0, 0.05) is 18.8 Å². The van der Waals surface area contributed by atoms with Gasteiger partial charge in [-0.3, -0.25) is 0 Å². The lowest BCUT2D eigenvalue weighted by atomic mass is 10.1. The summed E-state index contributed by atoms with van der Waals surface area (Å²) in [5, 5.41) is 0. The first kappa shape index (κ1) is 9.01. The van der Waals surface area contributed by atoms with E-state index in [2.05, 4.69) is 0 Å². The van der Waals surface area contributed by atoms with Crippen molar-refractivity contribution < 1.29 is 8.78 Å². The van der Waals surface area contributed by atoms with Crippen LogP contribution in [0.5, 0.6) is 0 Å². The molecule has 1 fully saturated rings. The number of terminal acetylenes is 1. The maximum Gasteiger partial charge on any atom is 0.143 e. The highest BCUT2D eigenvalue weighted by molar-refractivity contribution is 5.53. The second-order valence-corrected chi connectivity index (χ2v) is 3.27. The van der Waals surface area contributed by atoms with Crippen molar-refractivity contribution in [3.63, 3.8) is 0 Å². The first-order chi connectivity index (χ1) is 6.72. The summed E-state index contributed by atoms with van der Waals surface area (Å²) in [7, 11) is 0. The van der Waals surface area contributed by atoms with Crippen LogP contribution in [-0.4, -0.2) is 13.1 Å². The Bertz CT molecular complexity index is 379. The molecule has 1 aromatic rings. The average molecular weight is 193 g/mol. The van der Waals surface area contributed by atoms with E-state index >= 15 is 0 Å². The quantitative estimate of drug-likeness (QED) is 0.618. The molecule has 1 aliphatic heterocycles. The summed E-state index contributed by atoms with van der Waals surface area (Å²) in [6.45, 7) is 1.71. The summed E-state index contributed by atoms with van der Waals surface area (Å²) < 4.78 is 26.4. The van der Waals surface area contributed by atoms with Crippen LogP contribution in [0.2, 0.25) is 0 Å². The van der Waals surface area contributed by atoms with Crippen LogP contribution < -0.4 is 4.90 Å². The van der Waals surface area contributed by atoms with E-state index in [4.69, 9.17) is 6.42 Å². The molecule has 0 amide bonds. The maximum absolute atomic E-state index is 13.2. The van der Waals surface area contributed by atoms with Crippen molar-refractivity contribution in [3.8, 4) is 12.3 Å². The van der Waals surface area contributed by atoms with Crippen LogP contribution >= 0.6 is 0 Å². The molecule has 2 rings (SSSR count). The minimum absolute atomic E-state index is 0.283. The van der Waals surface area contributed by atoms with Crippen molar-refractivity contribution in [1.29, 1.82) is 0 Å². The normalized spacial score (nSPS) is 14.8. The van der Waals surface area contributed by atoms with Gasteiger partial charge in [0.2, 0.25) is 0 Å². The van der Waals surface area contributed by atoms with Crippen molar-refractivity contribution in [1.82, 2.24) is 0 Å². The standard InChI is InChI=1S/C11H9F2N/c1-2-9-10(12)6-8(7-11(9)13)14-4-3-5-14/h1,6-7H,3-5H2. The Morgan fingerprint density at radius 1 is 1.21 bits per heavy atom. The Morgan fingerprint density at radius 2 is 1.79 bits per heavy atom. The van der Waals surface area contributed by atoms with Gasteiger partial charge < -0.3 is 4.90 Å². The van der Waals surface area contributed by atoms with E-state index in [0.717, 1.165) is 19.5 Å². The zero-order chi connectivity index (χ0) is 10.1. The molecule has 72 valence electrons. The van der Waals surface area contributed by atoms with Gasteiger partial charge >= 0.3 is 0 Å². The predicted octanol–water partition coefficient (Wildman–Crippen LogP) is 2.16. The third-order valence-corrected chi connectivity index (χ3v) is 2.39. The lowest BCUT2D eigenvalue weighted by Crippen LogP contribution is -2.37. The molecule has 0 N–H and O–H groups in total. The van der Waals surface area contributed by atoms with Crippen LogP contribution in [0, 0.1) is 24.0 Å². The van der Waals surface area contributed by atoms with Crippen LogP contribution in [-0.2, 0) is 0 Å². The van der Waals surface area contributed by atoms with Crippen molar-refractivity contribution in [2.24, 2.45) is 0 Å². The molecular formula is C11H9F2N. The predicted molar refractivity (Wildman–Crippen MR) is 51.1 cm³/mol. The van der Waals surface area contributed by atoms with Gasteiger partial charge in [-0.2, -0.15) is 0 Å². The van der Waals surface area contributed by atoms with Gasteiger partial charge in [-0.1, -0.05) is 5.92 Å². The Balaban J connectivity index is 2.41. The number of rotatable bonds is 1. The number of halogens is 2. The molecule has 1 heterocycles. The van der Waals surface area contributed by atoms with E-state index in [-0.39, 0.29) is 5.56 Å². The molecule has 1 aliphatic rings. The van der Waals surface area contributed by atoms with E-state index in [1.54, 1.807) is 0 Å². The maximum atomic E-state index is 13.2. The third kappa shape index (κ3) is 1.33. The van der Waals surface area contributed by atoms with Gasteiger partial charge in [-0.25, -0.2) is 8.78 Å². The summed E-state index contributed by atoms with van der Waals surface area (Å²) in [4.78, 5) is 1.91. The molecule has 0 saturated carbocycles. The fraction of sp³-hybridized carbons (Fsp3) is 0.273. The number of nitrogens with zero attached hydrogens (tertiary/aromatic N) is 1. The van der Waals surface area contributed by atoms with E-state index in [9.17, 15) is 8.78 Å². The Morgan fingerprint density at radius 3 is 2.14 bits per heavy atom. The first-order valence-corrected chi connectivity index (χ1v) is 4.43. The van der Waals surface area contributed by atoms with Crippen molar-refractivity contribution in [2.75, 3.05) is 18.0 Å². The van der Waals surface area contributed by atoms with E-state index in [1.807, 2.05) is 10.8 Å². The lowest BCUT2D eigenvalue weighted by molar-refractivity contribution is 0.566. The zero-order valence-electron chi connectivity index (χ0n) is 7.56. The van der Waals surface area contributed by atoms with Crippen molar-refractivity contribution >= 4 is 5.69 Å². The van der Waals surface area contributed by atoms with Crippen molar-refractivity contribution in [2.45, 2.75) is 6.42 Å². The molecule has 1 aromatic carbocycles. The summed E-state index contributed by atoms with van der Waals surface area (Å²) >= 11 is 0. The Labute approximate surface area is 81.3 Å². The molecule has 1 saturated heterocycles. The molecule has 3 heteroatoms. The lowest BCUT2D eigenvalue weighted by Gasteiger charge is -2.33. The minimum Gasteiger partial charge on any atom is -0.371 e. The van der Waals surface area contributed by atoms with Crippen molar-refractivity contribution in [3.05, 3.63) is 29.3 Å². The van der Waals surface area contributed by atoms with Crippen LogP contribution in [0.4, 0.5) is 14.5 Å². The summed E-state index contributed by atoms with van der Waals surface area (Å²) in [5.41, 5.74) is 0.291. The molecule has 0 aromatic heterocycles. The van der Waals surface area contributed by atoms with E-state index < -0.39 is 11.6 Å². The summed E-state index contributed by atoms with van der Waals surface area (Å²) in [6, 6.07) is 2.58. The monoisotopic (exact) mass is 193 g/mol. The molecule has 1 nitrogen and oxygen atoms in total. The molecule has 14 heavy (non-hydrogen) atoms. The number of hydrogen-bond donors (Lipinski definition) is 0. The van der Waals surface area contributed by atoms with Gasteiger partial charge in [0.05, 0.1) is 5.56 Å².